The van der Waals surface area contributed by atoms with Crippen LogP contribution in [-0.2, 0) is 35.2 Å². The van der Waals surface area contributed by atoms with Gasteiger partial charge in [-0.3, -0.25) is 0 Å². The minimum absolute atomic E-state index is 0. The van der Waals surface area contributed by atoms with E-state index in [9.17, 15) is 0 Å². The zero-order valence-electron chi connectivity index (χ0n) is 69.5. The summed E-state index contributed by atoms with van der Waals surface area (Å²) >= 11 is 8.66. The quantitative estimate of drug-likeness (QED) is 0.142. The summed E-state index contributed by atoms with van der Waals surface area (Å²) in [5, 5.41) is 5.37. The van der Waals surface area contributed by atoms with Gasteiger partial charge in [-0.25, -0.2) is 22.8 Å². The number of hydrogen-bond donors (Lipinski definition) is 0. The highest BCUT2D eigenvalue weighted by molar-refractivity contribution is 7.21. The molecule has 10 heterocycles. The summed E-state index contributed by atoms with van der Waals surface area (Å²) in [6, 6.07) is 54.9. The predicted molar refractivity (Wildman–Crippen MR) is 499 cm³/mol. The van der Waals surface area contributed by atoms with E-state index in [1.165, 1.54) is 169 Å². The van der Waals surface area contributed by atoms with Gasteiger partial charge in [0.15, 0.2) is 0 Å². The van der Waals surface area contributed by atoms with Gasteiger partial charge in [0.05, 0.1) is 35.2 Å². The maximum Gasteiger partial charge on any atom is 0.342 e. The molecule has 0 unspecified atom stereocenters. The van der Waals surface area contributed by atoms with E-state index >= 15 is 0 Å². The molecule has 6 aromatic carbocycles. The number of benzene rings is 6. The highest BCUT2D eigenvalue weighted by Crippen LogP contribution is 2.36. The van der Waals surface area contributed by atoms with Gasteiger partial charge in [-0.1, -0.05) is 198 Å². The lowest BCUT2D eigenvalue weighted by Gasteiger charge is -2.11. The third kappa shape index (κ3) is 19.0. The fraction of sp³-hybridized carbons (Fsp3) is 0.333. The summed E-state index contributed by atoms with van der Waals surface area (Å²) in [6.45, 7) is 44.9. The molecule has 10 nitrogen and oxygen atoms in total. The second-order valence-electron chi connectivity index (χ2n) is 30.2. The number of aryl methyl sites for hydroxylation is 17. The molecular weight excluding hydrogens is 1490 g/mol. The fourth-order valence-corrected chi connectivity index (χ4v) is 19.2. The first kappa shape index (κ1) is 90.1. The Kier molecular flexibility index (Phi) is 29.9. The van der Waals surface area contributed by atoms with Crippen LogP contribution in [0.4, 0.5) is 0 Å². The summed E-state index contributed by atoms with van der Waals surface area (Å²) in [6.07, 6.45) is 0. The summed E-state index contributed by atoms with van der Waals surface area (Å²) in [5.41, 5.74) is 38.8. The predicted octanol–water partition coefficient (Wildman–Crippen LogP) is 26.3. The first-order valence-corrected chi connectivity index (χ1v) is 41.5. The molecule has 0 N–H and O–H groups in total. The van der Waals surface area contributed by atoms with E-state index in [4.69, 9.17) is 16.3 Å². The zero-order valence-corrected chi connectivity index (χ0v) is 72.6. The van der Waals surface area contributed by atoms with E-state index in [0.29, 0.717) is 5.92 Å². The molecule has 16 rings (SSSR count). The van der Waals surface area contributed by atoms with Crippen molar-refractivity contribution in [2.45, 2.75) is 194 Å². The van der Waals surface area contributed by atoms with Crippen LogP contribution in [0.3, 0.4) is 0 Å². The minimum Gasteiger partial charge on any atom is -0.225 e. The molecular formula is C99H125N10S5+5. The van der Waals surface area contributed by atoms with Crippen LogP contribution in [-0.4, -0.2) is 24.9 Å². The van der Waals surface area contributed by atoms with Gasteiger partial charge in [0, 0.05) is 60.4 Å². The molecule has 0 saturated carbocycles. The SMILES string of the molecule is C.C.C.C.C.Cc1cc(C)c(C)c(-c2ccc3sc(-c4ccccc4)nc3[n+]2C)c1.Cc1cc(C)c(C)c(-c2ccc3sc(C(C)C)nc3[n+]2C)c1.Cc1cc(C)c(C)c(-c2ccc3sc(C)nc3[n+]2C)c1.Cc1cc(C)c(C)c(-c2ccc3sc(C)nc3[n+]2C)c1.[2H]C(C)(C)c1nc2c(ccc(-c3cc(C)cc(C)c3C)[n+]2C)s1. The Hall–Kier alpha value is -9.48. The van der Waals surface area contributed by atoms with Crippen LogP contribution in [0, 0.1) is 118 Å². The lowest BCUT2D eigenvalue weighted by molar-refractivity contribution is -0.635. The molecule has 0 bridgehead atoms. The standard InChI is InChI=1S/C22H21N2S.2C19H23N2S.2C17H19N2S.5CH4/c1-14-12-15(2)16(3)18(13-14)19-10-11-20-21(24(19)4)23-22(25-20)17-8-6-5-7-9-17;2*1-11(2)19-20-18-17(22-19)8-7-16(21(18)6)15-10-12(3)9-13(4)14(15)5;2*1-10-8-11(2)12(3)14(9-10)15-6-7-16-17(19(15)5)18-13(4)20-16;;;;;/h5-13H,1-4H3;2*7-11H,1-6H3;2*6-9H,1-5H3;5*1H4/q5*+1;;;;;/i;11D;;;;;;;;. The van der Waals surface area contributed by atoms with Crippen LogP contribution in [0.2, 0.25) is 0 Å². The van der Waals surface area contributed by atoms with Crippen LogP contribution in [0.15, 0.2) is 152 Å². The van der Waals surface area contributed by atoms with Crippen molar-refractivity contribution in [3.05, 3.63) is 255 Å². The molecule has 0 atom stereocenters. The largest absolute Gasteiger partial charge is 0.342 e. The molecule has 16 aromatic rings. The molecule has 0 amide bonds. The van der Waals surface area contributed by atoms with Crippen molar-refractivity contribution in [2.24, 2.45) is 35.2 Å². The number of rotatable bonds is 8. The third-order valence-electron chi connectivity index (χ3n) is 21.1. The number of pyridine rings is 5. The Bertz CT molecular complexity index is 6080. The number of fused-ring (bicyclic) bond motifs is 5. The normalized spacial score (nSPS) is 11.1. The number of hydrogen-bond acceptors (Lipinski definition) is 10. The second kappa shape index (κ2) is 37.9. The number of nitrogens with zero attached hydrogens (tertiary/aromatic N) is 10. The Labute approximate surface area is 703 Å². The summed E-state index contributed by atoms with van der Waals surface area (Å²) < 4.78 is 25.4. The van der Waals surface area contributed by atoms with Gasteiger partial charge >= 0.3 is 28.2 Å². The van der Waals surface area contributed by atoms with Crippen LogP contribution in [0.25, 0.3) is 119 Å². The Morgan fingerprint density at radius 3 is 0.807 bits per heavy atom. The molecule has 596 valence electrons. The average molecular weight is 1620 g/mol. The molecule has 0 fully saturated rings. The van der Waals surface area contributed by atoms with Gasteiger partial charge in [0.25, 0.3) is 0 Å². The minimum atomic E-state index is -0.660. The van der Waals surface area contributed by atoms with E-state index in [0.717, 1.165) is 53.0 Å². The molecule has 0 aliphatic heterocycles. The molecule has 10 aromatic heterocycles. The molecule has 0 radical (unpaired) electrons. The average Bonchev–Trinajstić information content (AvgIpc) is 1.67. The topological polar surface area (TPSA) is 83.8 Å². The van der Waals surface area contributed by atoms with E-state index in [-0.39, 0.29) is 37.1 Å². The fourth-order valence-electron chi connectivity index (χ4n) is 14.5. The van der Waals surface area contributed by atoms with Crippen molar-refractivity contribution < 1.29 is 24.2 Å². The monoisotopic (exact) mass is 1610 g/mol. The number of thiazole rings is 5. The van der Waals surface area contributed by atoms with E-state index in [1.807, 2.05) is 19.9 Å². The first-order valence-electron chi connectivity index (χ1n) is 37.9. The molecule has 0 spiro atoms. The van der Waals surface area contributed by atoms with Crippen LogP contribution in [0.5, 0.6) is 0 Å². The van der Waals surface area contributed by atoms with Crippen molar-refractivity contribution in [3.63, 3.8) is 0 Å². The molecule has 0 aliphatic rings. The van der Waals surface area contributed by atoms with Crippen LogP contribution < -0.4 is 22.8 Å². The molecule has 15 heteroatoms. The van der Waals surface area contributed by atoms with Gasteiger partial charge in [-0.15, -0.1) is 0 Å². The Morgan fingerprint density at radius 1 is 0.281 bits per heavy atom. The van der Waals surface area contributed by atoms with Gasteiger partial charge in [-0.2, -0.15) is 0 Å². The smallest absolute Gasteiger partial charge is 0.225 e. The van der Waals surface area contributed by atoms with Gasteiger partial charge in [0.2, 0.25) is 25.0 Å². The van der Waals surface area contributed by atoms with Crippen molar-refractivity contribution >= 4 is 108 Å². The van der Waals surface area contributed by atoms with Gasteiger partial charge in [0.1, 0.15) is 52.0 Å². The highest BCUT2D eigenvalue weighted by atomic mass is 32.1. The molecule has 0 saturated heterocycles. The van der Waals surface area contributed by atoms with Gasteiger partial charge < -0.3 is 0 Å². The van der Waals surface area contributed by atoms with Crippen LogP contribution in [0.1, 0.15) is 181 Å². The highest BCUT2D eigenvalue weighted by Gasteiger charge is 2.27. The van der Waals surface area contributed by atoms with E-state index < -0.39 is 5.89 Å². The lowest BCUT2D eigenvalue weighted by Crippen LogP contribution is -2.32. The summed E-state index contributed by atoms with van der Waals surface area (Å²) in [5.74, 6) is -0.184. The number of aromatic nitrogens is 10. The van der Waals surface area contributed by atoms with Crippen molar-refractivity contribution in [1.29, 1.82) is 0 Å². The Balaban J connectivity index is 0.000000197. The zero-order chi connectivity index (χ0) is 79.4. The van der Waals surface area contributed by atoms with Crippen molar-refractivity contribution in [3.8, 4) is 66.9 Å². The van der Waals surface area contributed by atoms with E-state index in [2.05, 4.69) is 345 Å². The lowest BCUT2D eigenvalue weighted by atomic mass is 9.97. The third-order valence-corrected chi connectivity index (χ3v) is 26.6. The van der Waals surface area contributed by atoms with Gasteiger partial charge in [-0.05, 0) is 288 Å². The van der Waals surface area contributed by atoms with Crippen molar-refractivity contribution in [2.75, 3.05) is 0 Å². The second-order valence-corrected chi connectivity index (χ2v) is 35.8. The molecule has 0 aliphatic carbocycles. The first-order chi connectivity index (χ1) is 52.0. The maximum atomic E-state index is 8.22. The molecule has 114 heavy (non-hydrogen) atoms. The van der Waals surface area contributed by atoms with Crippen LogP contribution >= 0.6 is 56.7 Å². The van der Waals surface area contributed by atoms with Crippen molar-refractivity contribution in [1.82, 2.24) is 24.9 Å². The summed E-state index contributed by atoms with van der Waals surface area (Å²) in [7, 11) is 10.5. The summed E-state index contributed by atoms with van der Waals surface area (Å²) in [4.78, 5) is 23.8. The van der Waals surface area contributed by atoms with E-state index in [1.54, 1.807) is 56.7 Å². The Morgan fingerprint density at radius 2 is 0.526 bits per heavy atom. The maximum absolute atomic E-state index is 8.22.